The molecule has 0 radical (unpaired) electrons. The van der Waals surface area contributed by atoms with Crippen molar-refractivity contribution < 1.29 is 0 Å². The minimum atomic E-state index is -0.0192. The number of H-pyrrole nitrogens is 1. The fourth-order valence-electron chi connectivity index (χ4n) is 2.76. The second kappa shape index (κ2) is 3.53. The lowest BCUT2D eigenvalue weighted by Gasteiger charge is -2.26. The van der Waals surface area contributed by atoms with Crippen LogP contribution in [-0.4, -0.2) is 21.0 Å². The highest BCUT2D eigenvalue weighted by Crippen LogP contribution is 2.38. The molecule has 1 aliphatic carbocycles. The number of hydrogen-bond donors (Lipinski definition) is 2. The number of nitrogens with one attached hydrogen (secondary N) is 1. The minimum absolute atomic E-state index is 0.0192. The number of nitrogens with zero attached hydrogens (tertiary/aromatic N) is 2. The van der Waals surface area contributed by atoms with E-state index in [1.165, 1.54) is 6.42 Å². The third-order valence-electron chi connectivity index (χ3n) is 4.04. The molecule has 0 amide bonds. The van der Waals surface area contributed by atoms with Crippen molar-refractivity contribution in [3.05, 3.63) is 23.7 Å². The molecule has 0 aromatic carbocycles. The van der Waals surface area contributed by atoms with Gasteiger partial charge in [0.25, 0.3) is 0 Å². The van der Waals surface area contributed by atoms with E-state index in [-0.39, 0.29) is 11.5 Å². The summed E-state index contributed by atoms with van der Waals surface area (Å²) < 4.78 is 0. The molecule has 3 N–H and O–H groups in total. The van der Waals surface area contributed by atoms with Crippen molar-refractivity contribution in [3.8, 4) is 0 Å². The van der Waals surface area contributed by atoms with Gasteiger partial charge < -0.3 is 10.7 Å². The summed E-state index contributed by atoms with van der Waals surface area (Å²) in [5.41, 5.74) is 9.16. The second-order valence-corrected chi connectivity index (χ2v) is 5.39. The molecule has 0 aliphatic heterocycles. The zero-order chi connectivity index (χ0) is 12.0. The van der Waals surface area contributed by atoms with Crippen LogP contribution >= 0.6 is 0 Å². The maximum Gasteiger partial charge on any atom is 0.177 e. The third kappa shape index (κ3) is 1.55. The van der Waals surface area contributed by atoms with Gasteiger partial charge in [0.2, 0.25) is 0 Å². The van der Waals surface area contributed by atoms with Crippen LogP contribution in [0.5, 0.6) is 0 Å². The number of fused-ring (bicyclic) bond motifs is 1. The lowest BCUT2D eigenvalue weighted by molar-refractivity contribution is 0.409. The van der Waals surface area contributed by atoms with Crippen LogP contribution < -0.4 is 5.73 Å². The highest BCUT2D eigenvalue weighted by Gasteiger charge is 2.40. The first kappa shape index (κ1) is 10.7. The van der Waals surface area contributed by atoms with Crippen LogP contribution in [0.15, 0.2) is 12.3 Å². The van der Waals surface area contributed by atoms with Crippen LogP contribution in [-0.2, 0) is 5.41 Å². The molecular formula is C13H18N4. The number of hydrogen-bond acceptors (Lipinski definition) is 3. The Hall–Kier alpha value is -1.42. The number of aromatic nitrogens is 3. The average Bonchev–Trinajstić information content (AvgIpc) is 2.84. The summed E-state index contributed by atoms with van der Waals surface area (Å²) in [5, 5.41) is 0. The average molecular weight is 230 g/mol. The van der Waals surface area contributed by atoms with Gasteiger partial charge in [0.1, 0.15) is 5.82 Å². The summed E-state index contributed by atoms with van der Waals surface area (Å²) in [4.78, 5) is 12.4. The smallest absolute Gasteiger partial charge is 0.177 e. The van der Waals surface area contributed by atoms with Crippen molar-refractivity contribution >= 4 is 11.2 Å². The van der Waals surface area contributed by atoms with Gasteiger partial charge in [-0.2, -0.15) is 0 Å². The summed E-state index contributed by atoms with van der Waals surface area (Å²) >= 11 is 0. The van der Waals surface area contributed by atoms with Gasteiger partial charge in [0.15, 0.2) is 5.65 Å². The quantitative estimate of drug-likeness (QED) is 0.787. The molecule has 2 aromatic rings. The SMILES string of the molecule is Cc1cnc2nc(C3(C)CCCC3N)[nH]c2c1. The lowest BCUT2D eigenvalue weighted by Crippen LogP contribution is -2.39. The molecule has 2 atom stereocenters. The number of rotatable bonds is 1. The molecule has 2 unspecified atom stereocenters. The van der Waals surface area contributed by atoms with E-state index in [1.54, 1.807) is 0 Å². The summed E-state index contributed by atoms with van der Waals surface area (Å²) in [5.74, 6) is 0.996. The number of nitrogens with two attached hydrogens (primary N) is 1. The standard InChI is InChI=1S/C13H18N4/c1-8-6-9-11(15-7-8)17-12(16-9)13(2)5-3-4-10(13)14/h6-7,10H,3-5,14H2,1-2H3,(H,15,16,17). The van der Waals surface area contributed by atoms with Gasteiger partial charge in [-0.25, -0.2) is 9.97 Å². The molecule has 1 saturated carbocycles. The van der Waals surface area contributed by atoms with E-state index in [1.807, 2.05) is 13.1 Å². The first-order valence-corrected chi connectivity index (χ1v) is 6.18. The Labute approximate surface area is 101 Å². The van der Waals surface area contributed by atoms with Crippen LogP contribution in [0, 0.1) is 6.92 Å². The van der Waals surface area contributed by atoms with Gasteiger partial charge in [-0.05, 0) is 31.4 Å². The lowest BCUT2D eigenvalue weighted by atomic mass is 9.84. The summed E-state index contributed by atoms with van der Waals surface area (Å²) in [7, 11) is 0. The topological polar surface area (TPSA) is 67.6 Å². The van der Waals surface area contributed by atoms with Crippen molar-refractivity contribution in [3.63, 3.8) is 0 Å². The molecule has 0 spiro atoms. The van der Waals surface area contributed by atoms with Gasteiger partial charge >= 0.3 is 0 Å². The van der Waals surface area contributed by atoms with Crippen molar-refractivity contribution in [1.82, 2.24) is 15.0 Å². The fourth-order valence-corrected chi connectivity index (χ4v) is 2.76. The van der Waals surface area contributed by atoms with Gasteiger partial charge in [0, 0.05) is 17.7 Å². The Balaban J connectivity index is 2.12. The number of imidazole rings is 1. The number of pyridine rings is 1. The highest BCUT2D eigenvalue weighted by molar-refractivity contribution is 5.71. The zero-order valence-electron chi connectivity index (χ0n) is 10.3. The van der Waals surface area contributed by atoms with E-state index >= 15 is 0 Å². The van der Waals surface area contributed by atoms with Crippen molar-refractivity contribution in [2.24, 2.45) is 5.73 Å². The first-order valence-electron chi connectivity index (χ1n) is 6.18. The van der Waals surface area contributed by atoms with Crippen LogP contribution in [0.3, 0.4) is 0 Å². The van der Waals surface area contributed by atoms with E-state index < -0.39 is 0 Å². The highest BCUT2D eigenvalue weighted by atomic mass is 15.0. The Morgan fingerprint density at radius 1 is 1.53 bits per heavy atom. The van der Waals surface area contributed by atoms with Crippen molar-refractivity contribution in [2.75, 3.05) is 0 Å². The van der Waals surface area contributed by atoms with Crippen LogP contribution in [0.1, 0.15) is 37.6 Å². The van der Waals surface area contributed by atoms with Crippen molar-refractivity contribution in [2.45, 2.75) is 44.6 Å². The normalized spacial score (nSPS) is 29.0. The van der Waals surface area contributed by atoms with Crippen LogP contribution in [0.2, 0.25) is 0 Å². The van der Waals surface area contributed by atoms with Gasteiger partial charge in [-0.15, -0.1) is 0 Å². The Bertz CT molecular complexity index is 560. The fraction of sp³-hybridized carbons (Fsp3) is 0.538. The first-order chi connectivity index (χ1) is 8.09. The molecule has 4 heteroatoms. The van der Waals surface area contributed by atoms with E-state index in [9.17, 15) is 0 Å². The molecule has 3 rings (SSSR count). The molecule has 0 bridgehead atoms. The minimum Gasteiger partial charge on any atom is -0.340 e. The van der Waals surface area contributed by atoms with E-state index in [2.05, 4.69) is 27.9 Å². The maximum absolute atomic E-state index is 6.22. The summed E-state index contributed by atoms with van der Waals surface area (Å²) in [6.07, 6.45) is 5.22. The largest absolute Gasteiger partial charge is 0.340 e. The van der Waals surface area contributed by atoms with E-state index in [4.69, 9.17) is 5.73 Å². The zero-order valence-corrected chi connectivity index (χ0v) is 10.3. The maximum atomic E-state index is 6.22. The molecule has 90 valence electrons. The molecule has 2 heterocycles. The summed E-state index contributed by atoms with van der Waals surface area (Å²) in [6, 6.07) is 2.28. The van der Waals surface area contributed by atoms with E-state index in [0.717, 1.165) is 35.4 Å². The third-order valence-corrected chi connectivity index (χ3v) is 4.04. The van der Waals surface area contributed by atoms with Crippen LogP contribution in [0.4, 0.5) is 0 Å². The monoisotopic (exact) mass is 230 g/mol. The molecule has 1 aliphatic rings. The molecule has 4 nitrogen and oxygen atoms in total. The Morgan fingerprint density at radius 3 is 3.06 bits per heavy atom. The molecule has 17 heavy (non-hydrogen) atoms. The van der Waals surface area contributed by atoms with Crippen LogP contribution in [0.25, 0.3) is 11.2 Å². The van der Waals surface area contributed by atoms with Crippen molar-refractivity contribution in [1.29, 1.82) is 0 Å². The second-order valence-electron chi connectivity index (χ2n) is 5.39. The molecule has 0 saturated heterocycles. The van der Waals surface area contributed by atoms with Gasteiger partial charge in [-0.1, -0.05) is 13.3 Å². The predicted molar refractivity (Wildman–Crippen MR) is 67.8 cm³/mol. The molecule has 1 fully saturated rings. The van der Waals surface area contributed by atoms with E-state index in [0.29, 0.717) is 0 Å². The molecular weight excluding hydrogens is 212 g/mol. The number of aromatic amines is 1. The number of aryl methyl sites for hydroxylation is 1. The van der Waals surface area contributed by atoms with Gasteiger partial charge in [0.05, 0.1) is 5.52 Å². The molecule has 2 aromatic heterocycles. The predicted octanol–water partition coefficient (Wildman–Crippen LogP) is 2.04. The Kier molecular flexibility index (Phi) is 2.23. The summed E-state index contributed by atoms with van der Waals surface area (Å²) in [6.45, 7) is 4.24. The van der Waals surface area contributed by atoms with Gasteiger partial charge in [-0.3, -0.25) is 0 Å². The Morgan fingerprint density at radius 2 is 2.35 bits per heavy atom.